The van der Waals surface area contributed by atoms with E-state index >= 15 is 0 Å². The summed E-state index contributed by atoms with van der Waals surface area (Å²) in [4.78, 5) is 28.6. The molecule has 0 bridgehead atoms. The first-order valence-electron chi connectivity index (χ1n) is 11.7. The fraction of sp³-hybridized carbons (Fsp3) is 0.0690. The van der Waals surface area contributed by atoms with Gasteiger partial charge in [0.2, 0.25) is 5.76 Å². The molecule has 0 aliphatic rings. The molecule has 9 nitrogen and oxygen atoms in total. The van der Waals surface area contributed by atoms with E-state index in [0.29, 0.717) is 38.9 Å². The Hall–Kier alpha value is -5.02. The predicted molar refractivity (Wildman–Crippen MR) is 147 cm³/mol. The molecule has 0 atom stereocenters. The van der Waals surface area contributed by atoms with Gasteiger partial charge in [-0.25, -0.2) is 10.2 Å². The molecular formula is C29H22ClN3O6. The minimum absolute atomic E-state index is 0.0667. The minimum Gasteiger partial charge on any atom is -0.497 e. The standard InChI is InChI=1S/C29H22ClN3O6/c1-36-18-10-11-22-20(15-18)26(19-6-3-4-7-21(19)30)27(32-22)28(34)33-31-16-17-9-12-23(25(14-17)37-2)39-29(35)24-8-5-13-38-24/h3-16,32H,1-2H3,(H,33,34). The summed E-state index contributed by atoms with van der Waals surface area (Å²) in [7, 11) is 3.03. The largest absolute Gasteiger partial charge is 0.497 e. The molecule has 0 unspecified atom stereocenters. The molecule has 0 radical (unpaired) electrons. The molecule has 2 N–H and O–H groups in total. The quantitative estimate of drug-likeness (QED) is 0.106. The van der Waals surface area contributed by atoms with Gasteiger partial charge in [-0.05, 0) is 60.2 Å². The number of esters is 1. The lowest BCUT2D eigenvalue weighted by molar-refractivity contribution is 0.0696. The molecule has 3 aromatic carbocycles. The maximum absolute atomic E-state index is 13.3. The van der Waals surface area contributed by atoms with Crippen LogP contribution in [0.4, 0.5) is 0 Å². The topological polar surface area (TPSA) is 115 Å². The Labute approximate surface area is 227 Å². The third-order valence-electron chi connectivity index (χ3n) is 5.87. The van der Waals surface area contributed by atoms with Crippen molar-refractivity contribution in [3.8, 4) is 28.4 Å². The van der Waals surface area contributed by atoms with E-state index in [1.165, 1.54) is 25.7 Å². The summed E-state index contributed by atoms with van der Waals surface area (Å²) < 4.78 is 21.1. The smallest absolute Gasteiger partial charge is 0.379 e. The number of rotatable bonds is 8. The summed E-state index contributed by atoms with van der Waals surface area (Å²) >= 11 is 6.50. The van der Waals surface area contributed by atoms with E-state index in [4.69, 9.17) is 30.2 Å². The monoisotopic (exact) mass is 543 g/mol. The number of fused-ring (bicyclic) bond motifs is 1. The third kappa shape index (κ3) is 5.34. The summed E-state index contributed by atoms with van der Waals surface area (Å²) in [6, 6.07) is 20.7. The molecule has 0 spiro atoms. The van der Waals surface area contributed by atoms with Gasteiger partial charge in [0.15, 0.2) is 11.5 Å². The van der Waals surface area contributed by atoms with Crippen LogP contribution >= 0.6 is 11.6 Å². The second kappa shape index (κ2) is 11.2. The molecule has 10 heteroatoms. The number of halogens is 1. The number of benzene rings is 3. The van der Waals surface area contributed by atoms with Crippen molar-refractivity contribution in [1.82, 2.24) is 10.4 Å². The second-order valence-corrected chi connectivity index (χ2v) is 8.65. The number of hydrazone groups is 1. The van der Waals surface area contributed by atoms with Crippen LogP contribution in [0, 0.1) is 0 Å². The number of furan rings is 1. The fourth-order valence-electron chi connectivity index (χ4n) is 4.03. The van der Waals surface area contributed by atoms with E-state index in [1.54, 1.807) is 43.5 Å². The minimum atomic E-state index is -0.655. The van der Waals surface area contributed by atoms with Crippen LogP contribution in [-0.4, -0.2) is 37.3 Å². The highest BCUT2D eigenvalue weighted by Crippen LogP contribution is 2.38. The summed E-state index contributed by atoms with van der Waals surface area (Å²) in [6.07, 6.45) is 2.82. The Kier molecular flexibility index (Phi) is 7.33. The van der Waals surface area contributed by atoms with Crippen molar-refractivity contribution in [2.75, 3.05) is 14.2 Å². The van der Waals surface area contributed by atoms with Crippen molar-refractivity contribution in [2.24, 2.45) is 5.10 Å². The maximum atomic E-state index is 13.3. The molecule has 0 aliphatic heterocycles. The summed E-state index contributed by atoms with van der Waals surface area (Å²) in [5.41, 5.74) is 5.51. The molecule has 39 heavy (non-hydrogen) atoms. The molecule has 196 valence electrons. The normalized spacial score (nSPS) is 11.1. The summed E-state index contributed by atoms with van der Waals surface area (Å²) in [5, 5.41) is 5.38. The van der Waals surface area contributed by atoms with Crippen LogP contribution in [0.3, 0.4) is 0 Å². The van der Waals surface area contributed by atoms with Gasteiger partial charge in [0.05, 0.1) is 26.7 Å². The molecule has 0 fully saturated rings. The van der Waals surface area contributed by atoms with Gasteiger partial charge in [-0.15, -0.1) is 0 Å². The first-order chi connectivity index (χ1) is 19.0. The Morgan fingerprint density at radius 1 is 0.974 bits per heavy atom. The number of carbonyl (C=O) groups is 2. The van der Waals surface area contributed by atoms with Gasteiger partial charge in [-0.2, -0.15) is 5.10 Å². The average Bonchev–Trinajstić information content (AvgIpc) is 3.62. The Bertz CT molecular complexity index is 1690. The lowest BCUT2D eigenvalue weighted by Crippen LogP contribution is -2.19. The maximum Gasteiger partial charge on any atom is 0.379 e. The van der Waals surface area contributed by atoms with Crippen molar-refractivity contribution in [1.29, 1.82) is 0 Å². The van der Waals surface area contributed by atoms with Gasteiger partial charge in [0.1, 0.15) is 11.4 Å². The van der Waals surface area contributed by atoms with Gasteiger partial charge >= 0.3 is 5.97 Å². The fourth-order valence-corrected chi connectivity index (χ4v) is 4.26. The Balaban J connectivity index is 1.39. The highest BCUT2D eigenvalue weighted by Gasteiger charge is 2.21. The van der Waals surface area contributed by atoms with Crippen LogP contribution in [-0.2, 0) is 0 Å². The average molecular weight is 544 g/mol. The zero-order valence-corrected chi connectivity index (χ0v) is 21.6. The lowest BCUT2D eigenvalue weighted by atomic mass is 10.0. The van der Waals surface area contributed by atoms with Crippen molar-refractivity contribution in [3.05, 3.63) is 101 Å². The third-order valence-corrected chi connectivity index (χ3v) is 6.20. The second-order valence-electron chi connectivity index (χ2n) is 8.24. The van der Waals surface area contributed by atoms with Crippen LogP contribution in [0.25, 0.3) is 22.0 Å². The van der Waals surface area contributed by atoms with Crippen molar-refractivity contribution in [3.63, 3.8) is 0 Å². The molecule has 1 amide bonds. The molecule has 0 saturated heterocycles. The number of aromatic amines is 1. The van der Waals surface area contributed by atoms with E-state index in [0.717, 1.165) is 10.9 Å². The van der Waals surface area contributed by atoms with Crippen molar-refractivity contribution >= 4 is 40.6 Å². The number of nitrogens with zero attached hydrogens (tertiary/aromatic N) is 1. The molecule has 5 rings (SSSR count). The van der Waals surface area contributed by atoms with Crippen LogP contribution in [0.15, 0.2) is 88.6 Å². The number of hydrogen-bond acceptors (Lipinski definition) is 7. The SMILES string of the molecule is COc1ccc2[nH]c(C(=O)NN=Cc3ccc(OC(=O)c4ccco4)c(OC)c3)c(-c3ccccc3Cl)c2c1. The highest BCUT2D eigenvalue weighted by molar-refractivity contribution is 6.34. The number of ether oxygens (including phenoxy) is 3. The molecule has 0 aliphatic carbocycles. The number of H-pyrrole nitrogens is 1. The van der Waals surface area contributed by atoms with Crippen LogP contribution in [0.5, 0.6) is 17.2 Å². The highest BCUT2D eigenvalue weighted by atomic mass is 35.5. The first kappa shape index (κ1) is 25.6. The molecular weight excluding hydrogens is 522 g/mol. The zero-order chi connectivity index (χ0) is 27.4. The zero-order valence-electron chi connectivity index (χ0n) is 20.9. The summed E-state index contributed by atoms with van der Waals surface area (Å²) in [5.74, 6) is 0.0993. The molecule has 5 aromatic rings. The number of carbonyl (C=O) groups excluding carboxylic acids is 2. The van der Waals surface area contributed by atoms with Crippen LogP contribution < -0.4 is 19.6 Å². The Morgan fingerprint density at radius 3 is 2.56 bits per heavy atom. The molecule has 2 heterocycles. The van der Waals surface area contributed by atoms with Gasteiger partial charge < -0.3 is 23.6 Å². The van der Waals surface area contributed by atoms with E-state index < -0.39 is 11.9 Å². The van der Waals surface area contributed by atoms with Gasteiger partial charge in [0.25, 0.3) is 5.91 Å². The number of hydrogen-bond donors (Lipinski definition) is 2. The van der Waals surface area contributed by atoms with E-state index in [1.807, 2.05) is 30.3 Å². The molecule has 0 saturated carbocycles. The van der Waals surface area contributed by atoms with E-state index in [9.17, 15) is 9.59 Å². The van der Waals surface area contributed by atoms with Gasteiger partial charge in [0, 0.05) is 27.1 Å². The Morgan fingerprint density at radius 2 is 1.82 bits per heavy atom. The number of aromatic nitrogens is 1. The van der Waals surface area contributed by atoms with Crippen molar-refractivity contribution < 1.29 is 28.2 Å². The molecule has 2 aromatic heterocycles. The van der Waals surface area contributed by atoms with Gasteiger partial charge in [-0.1, -0.05) is 29.8 Å². The predicted octanol–water partition coefficient (Wildman–Crippen LogP) is 6.08. The van der Waals surface area contributed by atoms with Crippen LogP contribution in [0.2, 0.25) is 5.02 Å². The van der Waals surface area contributed by atoms with Crippen molar-refractivity contribution in [2.45, 2.75) is 0 Å². The first-order valence-corrected chi connectivity index (χ1v) is 12.1. The van der Waals surface area contributed by atoms with E-state index in [-0.39, 0.29) is 11.5 Å². The number of nitrogens with one attached hydrogen (secondary N) is 2. The van der Waals surface area contributed by atoms with E-state index in [2.05, 4.69) is 15.5 Å². The lowest BCUT2D eigenvalue weighted by Gasteiger charge is -2.09. The van der Waals surface area contributed by atoms with Gasteiger partial charge in [-0.3, -0.25) is 4.79 Å². The number of amides is 1. The summed E-state index contributed by atoms with van der Waals surface area (Å²) in [6.45, 7) is 0. The number of methoxy groups -OCH3 is 2. The van der Waals surface area contributed by atoms with Crippen LogP contribution in [0.1, 0.15) is 26.6 Å².